The Bertz CT molecular complexity index is 1540. The molecular formula is C25H24F4IN7O4. The first-order chi connectivity index (χ1) is 19.3. The summed E-state index contributed by atoms with van der Waals surface area (Å²) in [4.78, 5) is 41.7. The Labute approximate surface area is 243 Å². The monoisotopic (exact) mass is 689 g/mol. The Morgan fingerprint density at radius 3 is 2.54 bits per heavy atom. The van der Waals surface area contributed by atoms with Gasteiger partial charge in [-0.15, -0.1) is 0 Å². The topological polar surface area (TPSA) is 167 Å². The number of anilines is 1. The van der Waals surface area contributed by atoms with Crippen molar-refractivity contribution in [2.75, 3.05) is 25.5 Å². The molecule has 41 heavy (non-hydrogen) atoms. The first kappa shape index (κ1) is 30.0. The van der Waals surface area contributed by atoms with Crippen molar-refractivity contribution >= 4 is 62.9 Å². The molecule has 0 bridgehead atoms. The predicted molar refractivity (Wildman–Crippen MR) is 149 cm³/mol. The fourth-order valence-electron chi connectivity index (χ4n) is 4.54. The predicted octanol–water partition coefficient (Wildman–Crippen LogP) is 2.84. The van der Waals surface area contributed by atoms with Crippen LogP contribution >= 0.6 is 22.6 Å². The summed E-state index contributed by atoms with van der Waals surface area (Å²) in [5.74, 6) is -3.69. The van der Waals surface area contributed by atoms with Gasteiger partial charge in [0.2, 0.25) is 11.8 Å². The van der Waals surface area contributed by atoms with Crippen molar-refractivity contribution in [2.24, 2.45) is 16.5 Å². The lowest BCUT2D eigenvalue weighted by molar-refractivity contribution is -0.141. The van der Waals surface area contributed by atoms with Crippen LogP contribution < -0.4 is 22.1 Å². The number of aliphatic imine (C=N–C) groups is 1. The van der Waals surface area contributed by atoms with E-state index in [1.54, 1.807) is 22.6 Å². The highest BCUT2D eigenvalue weighted by molar-refractivity contribution is 14.1. The highest BCUT2D eigenvalue weighted by Gasteiger charge is 2.37. The molecule has 0 radical (unpaired) electrons. The number of benzene rings is 2. The van der Waals surface area contributed by atoms with Gasteiger partial charge in [-0.1, -0.05) is 0 Å². The normalized spacial score (nSPS) is 16.8. The molecule has 11 nitrogen and oxygen atoms in total. The highest BCUT2D eigenvalue weighted by atomic mass is 127. The van der Waals surface area contributed by atoms with E-state index in [1.807, 2.05) is 0 Å². The molecule has 0 saturated heterocycles. The van der Waals surface area contributed by atoms with E-state index in [4.69, 9.17) is 16.2 Å². The van der Waals surface area contributed by atoms with Gasteiger partial charge in [0, 0.05) is 20.6 Å². The van der Waals surface area contributed by atoms with Crippen LogP contribution in [0.3, 0.4) is 0 Å². The summed E-state index contributed by atoms with van der Waals surface area (Å²) in [6.07, 6.45) is -5.15. The molecule has 1 aliphatic heterocycles. The maximum atomic E-state index is 13.7. The number of carbonyl (C=O) groups is 3. The average molecular weight is 689 g/mol. The Kier molecular flexibility index (Phi) is 8.69. The maximum Gasteiger partial charge on any atom is 0.416 e. The molecule has 0 fully saturated rings. The van der Waals surface area contributed by atoms with Gasteiger partial charge in [0.15, 0.2) is 5.96 Å². The lowest BCUT2D eigenvalue weighted by atomic mass is 9.87. The number of hydrogen-bond acceptors (Lipinski definition) is 8. The number of methoxy groups -OCH3 is 1. The van der Waals surface area contributed by atoms with E-state index in [9.17, 15) is 31.9 Å². The number of fused-ring (bicyclic) bond motifs is 1. The van der Waals surface area contributed by atoms with Crippen LogP contribution in [0.1, 0.15) is 39.9 Å². The lowest BCUT2D eigenvalue weighted by Crippen LogP contribution is -2.41. The second-order valence-electron chi connectivity index (χ2n) is 9.21. The van der Waals surface area contributed by atoms with E-state index in [1.165, 1.54) is 24.4 Å². The van der Waals surface area contributed by atoms with E-state index >= 15 is 0 Å². The number of rotatable bonds is 8. The van der Waals surface area contributed by atoms with Crippen molar-refractivity contribution in [1.29, 1.82) is 0 Å². The van der Waals surface area contributed by atoms with E-state index in [-0.39, 0.29) is 50.3 Å². The summed E-state index contributed by atoms with van der Waals surface area (Å²) in [7, 11) is 1.10. The number of aromatic nitrogens is 2. The molecular weight excluding hydrogens is 665 g/mol. The summed E-state index contributed by atoms with van der Waals surface area (Å²) >= 11 is 1.70. The van der Waals surface area contributed by atoms with Gasteiger partial charge in [-0.3, -0.25) is 19.1 Å². The fourth-order valence-corrected chi connectivity index (χ4v) is 5.23. The van der Waals surface area contributed by atoms with Crippen molar-refractivity contribution in [2.45, 2.75) is 30.7 Å². The van der Waals surface area contributed by atoms with Gasteiger partial charge in [0.25, 0.3) is 0 Å². The molecule has 1 aromatic heterocycles. The zero-order chi connectivity index (χ0) is 30.1. The van der Waals surface area contributed by atoms with Crippen LogP contribution in [0.4, 0.5) is 23.2 Å². The number of amides is 2. The molecule has 3 aromatic rings. The van der Waals surface area contributed by atoms with Gasteiger partial charge in [0.1, 0.15) is 12.2 Å². The molecule has 2 amide bonds. The quantitative estimate of drug-likeness (QED) is 0.160. The third-order valence-corrected chi connectivity index (χ3v) is 7.03. The number of alkyl halides is 4. The average Bonchev–Trinajstić information content (AvgIpc) is 3.31. The molecule has 1 aliphatic rings. The fraction of sp³-hybridized carbons (Fsp3) is 0.320. The number of nitrogens with two attached hydrogens (primary N) is 2. The van der Waals surface area contributed by atoms with Crippen LogP contribution in [0.5, 0.6) is 0 Å². The zero-order valence-electron chi connectivity index (χ0n) is 21.3. The van der Waals surface area contributed by atoms with Gasteiger partial charge in [0.05, 0.1) is 49.5 Å². The molecule has 0 spiro atoms. The molecule has 218 valence electrons. The van der Waals surface area contributed by atoms with Crippen LogP contribution in [-0.2, 0) is 20.5 Å². The first-order valence-corrected chi connectivity index (χ1v) is 13.1. The summed E-state index contributed by atoms with van der Waals surface area (Å²) in [6, 6.07) is 4.55. The Morgan fingerprint density at radius 2 is 1.95 bits per heavy atom. The standard InChI is InChI=1S/C25H24F4IN7O4/c1-41-20(38)7-16(11-2-12(25(27,28)29)4-14(30)3-11)21(23(32)40)37-19-6-15(36-24-33-8-13(26)9-34-24)5-17(22(31)39)18(19)10-35-37/h2-6,10,13,16,21H,7-9H2,1H3,(H2,31,39)(H2,32,40)(H2,33,34,36)/t16-,21?/m0/s1. The lowest BCUT2D eigenvalue weighted by Gasteiger charge is -2.26. The third kappa shape index (κ3) is 6.68. The van der Waals surface area contributed by atoms with Crippen molar-refractivity contribution in [3.8, 4) is 0 Å². The first-order valence-electron chi connectivity index (χ1n) is 12.0. The number of esters is 1. The highest BCUT2D eigenvalue weighted by Crippen LogP contribution is 2.39. The number of ether oxygens (including phenoxy) is 1. The summed E-state index contributed by atoms with van der Waals surface area (Å²) in [5.41, 5.74) is 10.8. The van der Waals surface area contributed by atoms with E-state index in [2.05, 4.69) is 20.7 Å². The van der Waals surface area contributed by atoms with E-state index in [0.717, 1.165) is 23.9 Å². The molecule has 2 unspecified atom stereocenters. The number of hydrogen-bond donors (Lipinski definition) is 4. The van der Waals surface area contributed by atoms with Crippen LogP contribution in [0.2, 0.25) is 0 Å². The summed E-state index contributed by atoms with van der Waals surface area (Å²) in [6.45, 7) is -0.0869. The van der Waals surface area contributed by atoms with Gasteiger partial charge in [-0.2, -0.15) is 18.3 Å². The van der Waals surface area contributed by atoms with Crippen LogP contribution in [-0.4, -0.2) is 59.9 Å². The molecule has 2 heterocycles. The Morgan fingerprint density at radius 1 is 1.22 bits per heavy atom. The molecule has 3 atom stereocenters. The minimum atomic E-state index is -4.71. The van der Waals surface area contributed by atoms with Crippen LogP contribution in [0.25, 0.3) is 10.9 Å². The summed E-state index contributed by atoms with van der Waals surface area (Å²) < 4.78 is 60.6. The van der Waals surface area contributed by atoms with Crippen molar-refractivity contribution in [3.05, 3.63) is 56.8 Å². The second-order valence-corrected chi connectivity index (χ2v) is 10.5. The molecule has 4 rings (SSSR count). The third-order valence-electron chi connectivity index (χ3n) is 6.41. The van der Waals surface area contributed by atoms with E-state index < -0.39 is 54.1 Å². The van der Waals surface area contributed by atoms with Gasteiger partial charge in [-0.05, 0) is 58.5 Å². The van der Waals surface area contributed by atoms with Gasteiger partial charge < -0.3 is 26.8 Å². The molecule has 0 aliphatic carbocycles. The minimum Gasteiger partial charge on any atom is -0.469 e. The smallest absolute Gasteiger partial charge is 0.416 e. The molecule has 0 saturated carbocycles. The van der Waals surface area contributed by atoms with Crippen molar-refractivity contribution in [3.63, 3.8) is 0 Å². The maximum absolute atomic E-state index is 13.7. The van der Waals surface area contributed by atoms with Crippen molar-refractivity contribution < 1.29 is 36.7 Å². The Balaban J connectivity index is 1.90. The number of carbonyl (C=O) groups excluding carboxylic acids is 3. The minimum absolute atomic E-state index is 0.00242. The largest absolute Gasteiger partial charge is 0.469 e. The molecule has 6 N–H and O–H groups in total. The van der Waals surface area contributed by atoms with Crippen molar-refractivity contribution in [1.82, 2.24) is 15.1 Å². The number of primary amides is 2. The number of nitrogens with one attached hydrogen (secondary N) is 2. The molecule has 16 heteroatoms. The van der Waals surface area contributed by atoms with E-state index in [0.29, 0.717) is 0 Å². The number of halogens is 5. The summed E-state index contributed by atoms with van der Waals surface area (Å²) in [5, 5.41) is 10.1. The Hall–Kier alpha value is -3.96. The number of guanidine groups is 1. The van der Waals surface area contributed by atoms with Gasteiger partial charge in [-0.25, -0.2) is 9.38 Å². The van der Waals surface area contributed by atoms with Gasteiger partial charge >= 0.3 is 12.1 Å². The SMILES string of the molecule is COC(=O)C[C@@H](c1cc(I)cc(C(F)(F)F)c1)C(C(N)=O)n1ncc2c(C(N)=O)cc(NC3=NCC(F)CN3)cc21. The zero-order valence-corrected chi connectivity index (χ0v) is 23.5. The van der Waals surface area contributed by atoms with Crippen LogP contribution in [0, 0.1) is 3.57 Å². The number of nitrogens with zero attached hydrogens (tertiary/aromatic N) is 3. The van der Waals surface area contributed by atoms with Crippen LogP contribution in [0.15, 0.2) is 41.5 Å². The molecule has 2 aromatic carbocycles. The second kappa shape index (κ2) is 11.9.